The van der Waals surface area contributed by atoms with Gasteiger partial charge in [-0.15, -0.1) is 0 Å². The van der Waals surface area contributed by atoms with Gasteiger partial charge in [-0.05, 0) is 0 Å². The number of aliphatic carboxylic acids is 1. The van der Waals surface area contributed by atoms with Gasteiger partial charge in [0.2, 0.25) is 0 Å². The lowest BCUT2D eigenvalue weighted by Crippen LogP contribution is -2.29. The summed E-state index contributed by atoms with van der Waals surface area (Å²) in [4.78, 5) is 21.5. The molecule has 1 rings (SSSR count). The number of aromatic nitrogens is 2. The van der Waals surface area contributed by atoms with Crippen LogP contribution in [0, 0.1) is 0 Å². The third-order valence-corrected chi connectivity index (χ3v) is 1.75. The highest BCUT2D eigenvalue weighted by atomic mass is 16.4. The average molecular weight is 213 g/mol. The van der Waals surface area contributed by atoms with Crippen molar-refractivity contribution in [3.8, 4) is 0 Å². The second-order valence-corrected chi connectivity index (χ2v) is 2.89. The number of carbonyl (C=O) groups excluding carboxylic acids is 1. The summed E-state index contributed by atoms with van der Waals surface area (Å²) in [7, 11) is 0. The molecule has 0 aliphatic heterocycles. The van der Waals surface area contributed by atoms with Crippen LogP contribution in [-0.4, -0.2) is 44.9 Å². The van der Waals surface area contributed by atoms with Gasteiger partial charge in [0.15, 0.2) is 6.10 Å². The number of hydrogen-bond donors (Lipinski definition) is 4. The van der Waals surface area contributed by atoms with Crippen LogP contribution in [0.4, 0.5) is 0 Å². The van der Waals surface area contributed by atoms with Crippen LogP contribution < -0.4 is 5.32 Å². The van der Waals surface area contributed by atoms with Gasteiger partial charge >= 0.3 is 5.97 Å². The minimum Gasteiger partial charge on any atom is -0.479 e. The Morgan fingerprint density at radius 3 is 2.87 bits per heavy atom. The molecule has 7 heteroatoms. The molecule has 0 aliphatic carbocycles. The van der Waals surface area contributed by atoms with Gasteiger partial charge < -0.3 is 15.5 Å². The average Bonchev–Trinajstić information content (AvgIpc) is 2.70. The molecular formula is C8H11N3O4. The van der Waals surface area contributed by atoms with Crippen LogP contribution in [0.2, 0.25) is 0 Å². The Hall–Kier alpha value is -1.89. The number of aliphatic hydroxyl groups is 1. The zero-order valence-corrected chi connectivity index (χ0v) is 7.80. The molecule has 0 radical (unpaired) electrons. The lowest BCUT2D eigenvalue weighted by atomic mass is 10.2. The van der Waals surface area contributed by atoms with Crippen LogP contribution in [0.15, 0.2) is 12.4 Å². The molecule has 0 aromatic carbocycles. The van der Waals surface area contributed by atoms with Gasteiger partial charge in [0.1, 0.15) is 0 Å². The number of carboxylic acid groups (broad SMARTS) is 1. The van der Waals surface area contributed by atoms with Crippen molar-refractivity contribution < 1.29 is 19.8 Å². The largest absolute Gasteiger partial charge is 0.479 e. The molecule has 0 unspecified atom stereocenters. The van der Waals surface area contributed by atoms with Crippen molar-refractivity contribution in [1.29, 1.82) is 0 Å². The van der Waals surface area contributed by atoms with E-state index in [1.54, 1.807) is 0 Å². The topological polar surface area (TPSA) is 115 Å². The number of nitrogens with one attached hydrogen (secondary N) is 2. The first-order chi connectivity index (χ1) is 7.11. The van der Waals surface area contributed by atoms with Crippen molar-refractivity contribution in [3.63, 3.8) is 0 Å². The maximum absolute atomic E-state index is 11.3. The summed E-state index contributed by atoms with van der Waals surface area (Å²) < 4.78 is 0. The second kappa shape index (κ2) is 5.11. The zero-order valence-electron chi connectivity index (χ0n) is 7.80. The van der Waals surface area contributed by atoms with Crippen molar-refractivity contribution in [2.45, 2.75) is 12.5 Å². The van der Waals surface area contributed by atoms with E-state index < -0.39 is 12.1 Å². The van der Waals surface area contributed by atoms with E-state index in [4.69, 9.17) is 10.2 Å². The number of aliphatic hydroxyl groups excluding tert-OH is 1. The van der Waals surface area contributed by atoms with Crippen LogP contribution in [0.1, 0.15) is 16.8 Å². The molecule has 0 saturated carbocycles. The number of carboxylic acids is 1. The highest BCUT2D eigenvalue weighted by Gasteiger charge is 2.13. The summed E-state index contributed by atoms with van der Waals surface area (Å²) in [5, 5.41) is 25.8. The molecule has 82 valence electrons. The van der Waals surface area contributed by atoms with Crippen LogP contribution in [0.5, 0.6) is 0 Å². The first-order valence-corrected chi connectivity index (χ1v) is 4.29. The van der Waals surface area contributed by atoms with Gasteiger partial charge in [0.05, 0.1) is 11.8 Å². The van der Waals surface area contributed by atoms with Crippen molar-refractivity contribution in [3.05, 3.63) is 18.0 Å². The molecule has 0 fully saturated rings. The lowest BCUT2D eigenvalue weighted by Gasteiger charge is -2.05. The minimum absolute atomic E-state index is 0.0288. The molecule has 0 aliphatic rings. The van der Waals surface area contributed by atoms with E-state index in [1.807, 2.05) is 0 Å². The van der Waals surface area contributed by atoms with Gasteiger partial charge in [-0.25, -0.2) is 4.79 Å². The zero-order chi connectivity index (χ0) is 11.3. The SMILES string of the molecule is O=C(NCC[C@H](O)C(=O)O)c1cn[nH]c1. The maximum atomic E-state index is 11.3. The van der Waals surface area contributed by atoms with E-state index in [0.717, 1.165) is 0 Å². The summed E-state index contributed by atoms with van der Waals surface area (Å²) in [6.45, 7) is 0.0947. The van der Waals surface area contributed by atoms with E-state index >= 15 is 0 Å². The number of rotatable bonds is 5. The van der Waals surface area contributed by atoms with Crippen molar-refractivity contribution in [2.75, 3.05) is 6.54 Å². The highest BCUT2D eigenvalue weighted by Crippen LogP contribution is 1.94. The first kappa shape index (κ1) is 11.2. The molecule has 1 heterocycles. The Balaban J connectivity index is 2.27. The number of amides is 1. The van der Waals surface area contributed by atoms with Crippen LogP contribution in [-0.2, 0) is 4.79 Å². The summed E-state index contributed by atoms with van der Waals surface area (Å²) >= 11 is 0. The Labute approximate surface area is 85.1 Å². The Bertz CT molecular complexity index is 336. The molecule has 1 atom stereocenters. The fourth-order valence-corrected chi connectivity index (χ4v) is 0.923. The molecule has 1 amide bonds. The summed E-state index contributed by atoms with van der Waals surface area (Å²) in [6, 6.07) is 0. The number of aromatic amines is 1. The predicted octanol–water partition coefficient (Wildman–Crippen LogP) is -1.02. The fourth-order valence-electron chi connectivity index (χ4n) is 0.923. The van der Waals surface area contributed by atoms with E-state index in [9.17, 15) is 9.59 Å². The second-order valence-electron chi connectivity index (χ2n) is 2.89. The molecule has 0 spiro atoms. The summed E-state index contributed by atoms with van der Waals surface area (Å²) in [6.07, 6.45) is 1.29. The molecular weight excluding hydrogens is 202 g/mol. The summed E-state index contributed by atoms with van der Waals surface area (Å²) in [5.41, 5.74) is 0.361. The van der Waals surface area contributed by atoms with Crippen molar-refractivity contribution >= 4 is 11.9 Å². The molecule has 4 N–H and O–H groups in total. The molecule has 0 saturated heterocycles. The fraction of sp³-hybridized carbons (Fsp3) is 0.375. The first-order valence-electron chi connectivity index (χ1n) is 4.29. The third-order valence-electron chi connectivity index (χ3n) is 1.75. The van der Waals surface area contributed by atoms with Crippen molar-refractivity contribution in [2.24, 2.45) is 0 Å². The van der Waals surface area contributed by atoms with E-state index in [1.165, 1.54) is 12.4 Å². The van der Waals surface area contributed by atoms with Gasteiger partial charge in [-0.1, -0.05) is 0 Å². The number of hydrogen-bond acceptors (Lipinski definition) is 4. The molecule has 1 aromatic rings. The van der Waals surface area contributed by atoms with Gasteiger partial charge in [0.25, 0.3) is 5.91 Å². The van der Waals surface area contributed by atoms with Crippen LogP contribution in [0.25, 0.3) is 0 Å². The molecule has 15 heavy (non-hydrogen) atoms. The Kier molecular flexibility index (Phi) is 3.81. The molecule has 7 nitrogen and oxygen atoms in total. The van der Waals surface area contributed by atoms with E-state index in [-0.39, 0.29) is 18.9 Å². The lowest BCUT2D eigenvalue weighted by molar-refractivity contribution is -0.146. The maximum Gasteiger partial charge on any atom is 0.332 e. The number of carbonyl (C=O) groups is 2. The Morgan fingerprint density at radius 1 is 1.60 bits per heavy atom. The smallest absolute Gasteiger partial charge is 0.332 e. The predicted molar refractivity (Wildman–Crippen MR) is 49.2 cm³/mol. The monoisotopic (exact) mass is 213 g/mol. The van der Waals surface area contributed by atoms with Gasteiger partial charge in [-0.2, -0.15) is 5.10 Å². The van der Waals surface area contributed by atoms with Gasteiger partial charge in [-0.3, -0.25) is 9.89 Å². The summed E-state index contributed by atoms with van der Waals surface area (Å²) in [5.74, 6) is -1.66. The van der Waals surface area contributed by atoms with Crippen molar-refractivity contribution in [1.82, 2.24) is 15.5 Å². The quantitative estimate of drug-likeness (QED) is 0.499. The normalized spacial score (nSPS) is 12.1. The minimum atomic E-state index is -1.45. The molecule has 0 bridgehead atoms. The highest BCUT2D eigenvalue weighted by molar-refractivity contribution is 5.93. The Morgan fingerprint density at radius 2 is 2.33 bits per heavy atom. The molecule has 1 aromatic heterocycles. The van der Waals surface area contributed by atoms with E-state index in [2.05, 4.69) is 15.5 Å². The number of H-pyrrole nitrogens is 1. The van der Waals surface area contributed by atoms with Crippen LogP contribution in [0.3, 0.4) is 0 Å². The number of nitrogens with zero attached hydrogens (tertiary/aromatic N) is 1. The van der Waals surface area contributed by atoms with Gasteiger partial charge in [0, 0.05) is 19.2 Å². The van der Waals surface area contributed by atoms with E-state index in [0.29, 0.717) is 5.56 Å². The standard InChI is InChI=1S/C8H11N3O4/c12-6(8(14)15)1-2-9-7(13)5-3-10-11-4-5/h3-4,6,12H,1-2H2,(H,9,13)(H,10,11)(H,14,15)/t6-/m0/s1. The third kappa shape index (κ3) is 3.39. The van der Waals surface area contributed by atoms with Crippen LogP contribution >= 0.6 is 0 Å².